The molecule has 0 aliphatic heterocycles. The number of nitrogens with zero attached hydrogens (tertiary/aromatic N) is 2. The fourth-order valence-corrected chi connectivity index (χ4v) is 3.65. The number of amides is 1. The molecule has 0 unspecified atom stereocenters. The van der Waals surface area contributed by atoms with Crippen molar-refractivity contribution in [3.05, 3.63) is 87.8 Å². The van der Waals surface area contributed by atoms with Gasteiger partial charge in [0, 0.05) is 5.56 Å². The maximum absolute atomic E-state index is 12.7. The number of thiophene rings is 1. The number of ether oxygens (including phenoxy) is 2. The van der Waals surface area contributed by atoms with Gasteiger partial charge in [-0.2, -0.15) is 5.10 Å². The number of benzene rings is 2. The molecule has 8 nitrogen and oxygen atoms in total. The maximum Gasteiger partial charge on any atom is 0.353 e. The smallest absolute Gasteiger partial charge is 0.353 e. The zero-order valence-corrected chi connectivity index (χ0v) is 18.6. The van der Waals surface area contributed by atoms with Crippen LogP contribution in [-0.2, 0) is 0 Å². The van der Waals surface area contributed by atoms with Gasteiger partial charge in [0.1, 0.15) is 21.9 Å². The van der Waals surface area contributed by atoms with Crippen LogP contribution in [0.2, 0.25) is 0 Å². The number of esters is 1. The Kier molecular flexibility index (Phi) is 6.61. The van der Waals surface area contributed by atoms with Crippen LogP contribution in [-0.4, -0.2) is 30.4 Å². The molecule has 2 heterocycles. The molecule has 4 rings (SSSR count). The van der Waals surface area contributed by atoms with Gasteiger partial charge in [-0.1, -0.05) is 41.6 Å². The molecule has 0 saturated carbocycles. The van der Waals surface area contributed by atoms with E-state index in [1.54, 1.807) is 42.6 Å². The molecule has 0 atom stereocenters. The highest BCUT2D eigenvalue weighted by Crippen LogP contribution is 2.29. The van der Waals surface area contributed by atoms with Gasteiger partial charge in [-0.15, -0.1) is 11.3 Å². The zero-order valence-electron chi connectivity index (χ0n) is 17.8. The maximum atomic E-state index is 12.7. The largest absolute Gasteiger partial charge is 0.493 e. The summed E-state index contributed by atoms with van der Waals surface area (Å²) in [7, 11) is 1.47. The van der Waals surface area contributed by atoms with Crippen LogP contribution in [0, 0.1) is 6.92 Å². The summed E-state index contributed by atoms with van der Waals surface area (Å²) in [5.74, 6) is 0.119. The summed E-state index contributed by atoms with van der Waals surface area (Å²) in [5.41, 5.74) is 4.65. The van der Waals surface area contributed by atoms with Crippen molar-refractivity contribution in [3.63, 3.8) is 0 Å². The van der Waals surface area contributed by atoms with E-state index in [9.17, 15) is 9.59 Å². The van der Waals surface area contributed by atoms with E-state index in [2.05, 4.69) is 15.7 Å². The van der Waals surface area contributed by atoms with Crippen molar-refractivity contribution in [2.45, 2.75) is 6.92 Å². The third kappa shape index (κ3) is 4.99. The van der Waals surface area contributed by atoms with E-state index in [-0.39, 0.29) is 5.75 Å². The number of aryl methyl sites for hydroxylation is 1. The fourth-order valence-electron chi connectivity index (χ4n) is 3.05. The highest BCUT2D eigenvalue weighted by molar-refractivity contribution is 7.12. The Hall–Kier alpha value is -4.24. The zero-order chi connectivity index (χ0) is 23.2. The fraction of sp³-hybridized carbons (Fsp3) is 0.0833. The molecule has 0 saturated heterocycles. The van der Waals surface area contributed by atoms with Crippen LogP contribution < -0.4 is 14.9 Å². The molecule has 1 amide bonds. The first-order valence-electron chi connectivity index (χ1n) is 9.85. The van der Waals surface area contributed by atoms with Gasteiger partial charge < -0.3 is 14.0 Å². The lowest BCUT2D eigenvalue weighted by atomic mass is 10.1. The van der Waals surface area contributed by atoms with Crippen molar-refractivity contribution >= 4 is 29.4 Å². The second-order valence-corrected chi connectivity index (χ2v) is 7.75. The molecular weight excluding hydrogens is 442 g/mol. The van der Waals surface area contributed by atoms with Crippen molar-refractivity contribution in [1.29, 1.82) is 0 Å². The van der Waals surface area contributed by atoms with Gasteiger partial charge in [-0.25, -0.2) is 10.2 Å². The van der Waals surface area contributed by atoms with Crippen LogP contribution in [0.25, 0.3) is 11.3 Å². The molecule has 0 aliphatic carbocycles. The summed E-state index contributed by atoms with van der Waals surface area (Å²) in [6, 6.07) is 17.7. The Morgan fingerprint density at radius 2 is 1.91 bits per heavy atom. The molecule has 33 heavy (non-hydrogen) atoms. The summed E-state index contributed by atoms with van der Waals surface area (Å²) >= 11 is 1.29. The van der Waals surface area contributed by atoms with Crippen LogP contribution >= 0.6 is 11.3 Å². The van der Waals surface area contributed by atoms with Gasteiger partial charge in [-0.3, -0.25) is 4.79 Å². The molecule has 166 valence electrons. The molecule has 1 N–H and O–H groups in total. The second-order valence-electron chi connectivity index (χ2n) is 6.80. The van der Waals surface area contributed by atoms with E-state index >= 15 is 0 Å². The van der Waals surface area contributed by atoms with Gasteiger partial charge in [0.05, 0.1) is 13.3 Å². The Labute approximate surface area is 193 Å². The van der Waals surface area contributed by atoms with Gasteiger partial charge in [0.2, 0.25) is 0 Å². The van der Waals surface area contributed by atoms with Gasteiger partial charge >= 0.3 is 5.97 Å². The topological polar surface area (TPSA) is 103 Å². The summed E-state index contributed by atoms with van der Waals surface area (Å²) < 4.78 is 16.0. The Bertz CT molecular complexity index is 1300. The normalized spacial score (nSPS) is 10.8. The molecule has 0 aliphatic rings. The van der Waals surface area contributed by atoms with E-state index in [4.69, 9.17) is 14.0 Å². The first-order valence-corrected chi connectivity index (χ1v) is 10.7. The lowest BCUT2D eigenvalue weighted by Crippen LogP contribution is -2.18. The van der Waals surface area contributed by atoms with Gasteiger partial charge in [0.15, 0.2) is 11.5 Å². The highest BCUT2D eigenvalue weighted by atomic mass is 32.1. The lowest BCUT2D eigenvalue weighted by molar-refractivity contribution is 0.0734. The monoisotopic (exact) mass is 461 g/mol. The van der Waals surface area contributed by atoms with Crippen molar-refractivity contribution < 1.29 is 23.6 Å². The van der Waals surface area contributed by atoms with E-state index < -0.39 is 11.9 Å². The minimum atomic E-state index is -0.463. The minimum Gasteiger partial charge on any atom is -0.493 e. The van der Waals surface area contributed by atoms with Crippen LogP contribution in [0.4, 0.5) is 0 Å². The van der Waals surface area contributed by atoms with Crippen molar-refractivity contribution in [3.8, 4) is 22.8 Å². The third-order valence-corrected chi connectivity index (χ3v) is 5.48. The molecule has 9 heteroatoms. The SMILES string of the molecule is COc1cc(/C=N/NC(=O)c2c(-c3ccccc3)noc2C)ccc1OC(=O)c1cccs1. The van der Waals surface area contributed by atoms with Crippen LogP contribution in [0.5, 0.6) is 11.5 Å². The summed E-state index contributed by atoms with van der Waals surface area (Å²) in [5, 5.41) is 9.82. The first kappa shape index (κ1) is 22.0. The Balaban J connectivity index is 1.46. The van der Waals surface area contributed by atoms with Crippen LogP contribution in [0.1, 0.15) is 31.4 Å². The first-order chi connectivity index (χ1) is 16.1. The number of aromatic nitrogens is 1. The number of hydrogen-bond donors (Lipinski definition) is 1. The molecule has 0 bridgehead atoms. The quantitative estimate of drug-likeness (QED) is 0.185. The number of carbonyl (C=O) groups is 2. The molecule has 0 radical (unpaired) electrons. The standard InChI is InChI=1S/C24H19N3O5S/c1-15-21(22(27-32-15)17-7-4-3-5-8-17)23(28)26-25-14-16-10-11-18(19(13-16)30-2)31-24(29)20-9-6-12-33-20/h3-14H,1-2H3,(H,26,28)/b25-14+. The van der Waals surface area contributed by atoms with Crippen LogP contribution in [0.3, 0.4) is 0 Å². The molecule has 2 aromatic carbocycles. The van der Waals surface area contributed by atoms with Crippen molar-refractivity contribution in [2.24, 2.45) is 5.10 Å². The Morgan fingerprint density at radius 3 is 2.64 bits per heavy atom. The summed E-state index contributed by atoms with van der Waals surface area (Å²) in [4.78, 5) is 25.4. The summed E-state index contributed by atoms with van der Waals surface area (Å²) in [6.45, 7) is 1.67. The predicted molar refractivity (Wildman–Crippen MR) is 124 cm³/mol. The average molecular weight is 461 g/mol. The third-order valence-electron chi connectivity index (χ3n) is 4.63. The second kappa shape index (κ2) is 9.92. The number of rotatable bonds is 7. The number of hydrogen-bond acceptors (Lipinski definition) is 8. The van der Waals surface area contributed by atoms with Gasteiger partial charge in [0.25, 0.3) is 5.91 Å². The molecular formula is C24H19N3O5S. The van der Waals surface area contributed by atoms with Gasteiger partial charge in [-0.05, 0) is 42.1 Å². The minimum absolute atomic E-state index is 0.282. The van der Waals surface area contributed by atoms with E-state index in [0.717, 1.165) is 5.56 Å². The molecule has 2 aromatic heterocycles. The highest BCUT2D eigenvalue weighted by Gasteiger charge is 2.21. The van der Waals surface area contributed by atoms with E-state index in [1.165, 1.54) is 24.7 Å². The number of methoxy groups -OCH3 is 1. The summed E-state index contributed by atoms with van der Waals surface area (Å²) in [6.07, 6.45) is 1.45. The number of carbonyl (C=O) groups excluding carboxylic acids is 2. The van der Waals surface area contributed by atoms with Crippen molar-refractivity contribution in [2.75, 3.05) is 7.11 Å². The predicted octanol–water partition coefficient (Wildman–Crippen LogP) is 4.70. The van der Waals surface area contributed by atoms with E-state index in [0.29, 0.717) is 33.2 Å². The number of hydrazone groups is 1. The van der Waals surface area contributed by atoms with Crippen molar-refractivity contribution in [1.82, 2.24) is 10.6 Å². The molecule has 0 fully saturated rings. The lowest BCUT2D eigenvalue weighted by Gasteiger charge is -2.09. The Morgan fingerprint density at radius 1 is 1.09 bits per heavy atom. The molecule has 0 spiro atoms. The number of nitrogens with one attached hydrogen (secondary N) is 1. The molecule has 4 aromatic rings. The van der Waals surface area contributed by atoms with Crippen LogP contribution in [0.15, 0.2) is 75.7 Å². The average Bonchev–Trinajstić information content (AvgIpc) is 3.50. The van der Waals surface area contributed by atoms with E-state index in [1.807, 2.05) is 30.3 Å².